The molecule has 0 aromatic heterocycles. The van der Waals surface area contributed by atoms with Gasteiger partial charge in [0.25, 0.3) is 5.91 Å². The van der Waals surface area contributed by atoms with Crippen molar-refractivity contribution in [3.05, 3.63) is 0 Å². The molecule has 1 rings (SSSR count). The smallest absolute Gasteiger partial charge is 0.295 e. The lowest BCUT2D eigenvalue weighted by Crippen LogP contribution is -2.40. The van der Waals surface area contributed by atoms with Gasteiger partial charge in [-0.05, 0) is 38.7 Å². The molecule has 0 radical (unpaired) electrons. The molecule has 1 saturated carbocycles. The maximum atomic E-state index is 10.9. The SMILES string of the molecule is C#CC(=O)NC1CCC(NC)CC1. The van der Waals surface area contributed by atoms with E-state index in [-0.39, 0.29) is 11.9 Å². The Labute approximate surface area is 79.3 Å². The predicted octanol–water partition coefficient (Wildman–Crippen LogP) is 0.266. The number of hydrogen-bond donors (Lipinski definition) is 2. The summed E-state index contributed by atoms with van der Waals surface area (Å²) in [6.07, 6.45) is 9.26. The third-order valence-electron chi connectivity index (χ3n) is 2.60. The normalized spacial score (nSPS) is 27.7. The van der Waals surface area contributed by atoms with Gasteiger partial charge in [-0.2, -0.15) is 0 Å². The first-order chi connectivity index (χ1) is 6.26. The molecule has 0 bridgehead atoms. The van der Waals surface area contributed by atoms with Crippen molar-refractivity contribution in [3.63, 3.8) is 0 Å². The predicted molar refractivity (Wildman–Crippen MR) is 52.1 cm³/mol. The molecule has 13 heavy (non-hydrogen) atoms. The third kappa shape index (κ3) is 3.08. The second kappa shape index (κ2) is 4.88. The number of carbonyl (C=O) groups excluding carboxylic acids is 1. The summed E-state index contributed by atoms with van der Waals surface area (Å²) in [5, 5.41) is 6.05. The highest BCUT2D eigenvalue weighted by Crippen LogP contribution is 2.17. The summed E-state index contributed by atoms with van der Waals surface area (Å²) in [6, 6.07) is 0.895. The molecule has 1 aliphatic carbocycles. The lowest BCUT2D eigenvalue weighted by atomic mass is 9.91. The Hall–Kier alpha value is -1.01. The van der Waals surface area contributed by atoms with E-state index in [0.29, 0.717) is 6.04 Å². The van der Waals surface area contributed by atoms with Crippen LogP contribution in [0, 0.1) is 12.3 Å². The standard InChI is InChI=1S/C10H16N2O/c1-3-10(13)12-9-6-4-8(11-2)5-7-9/h1,8-9,11H,4-7H2,2H3,(H,12,13). The van der Waals surface area contributed by atoms with Gasteiger partial charge in [0.2, 0.25) is 0 Å². The van der Waals surface area contributed by atoms with Crippen molar-refractivity contribution in [3.8, 4) is 12.3 Å². The molecule has 0 aliphatic heterocycles. The second-order valence-corrected chi connectivity index (χ2v) is 3.46. The fourth-order valence-electron chi connectivity index (χ4n) is 1.75. The second-order valence-electron chi connectivity index (χ2n) is 3.46. The zero-order valence-electron chi connectivity index (χ0n) is 7.97. The van der Waals surface area contributed by atoms with Crippen LogP contribution in [0.4, 0.5) is 0 Å². The van der Waals surface area contributed by atoms with Crippen LogP contribution in [0.5, 0.6) is 0 Å². The number of terminal acetylenes is 1. The first-order valence-corrected chi connectivity index (χ1v) is 4.70. The molecule has 2 N–H and O–H groups in total. The number of carbonyl (C=O) groups is 1. The van der Waals surface area contributed by atoms with Gasteiger partial charge >= 0.3 is 0 Å². The molecular formula is C10H16N2O. The Bertz CT molecular complexity index is 211. The zero-order chi connectivity index (χ0) is 9.68. The molecule has 3 heteroatoms. The van der Waals surface area contributed by atoms with Gasteiger partial charge in [-0.25, -0.2) is 0 Å². The highest BCUT2D eigenvalue weighted by Gasteiger charge is 2.20. The van der Waals surface area contributed by atoms with E-state index in [0.717, 1.165) is 25.7 Å². The number of hydrogen-bond acceptors (Lipinski definition) is 2. The summed E-state index contributed by atoms with van der Waals surface area (Å²) in [5.41, 5.74) is 0. The minimum atomic E-state index is -0.284. The average Bonchev–Trinajstić information content (AvgIpc) is 2.19. The molecule has 72 valence electrons. The highest BCUT2D eigenvalue weighted by molar-refractivity contribution is 5.92. The molecule has 1 fully saturated rings. The summed E-state index contributed by atoms with van der Waals surface area (Å²) in [5.74, 6) is 1.79. The Morgan fingerprint density at radius 1 is 1.31 bits per heavy atom. The first-order valence-electron chi connectivity index (χ1n) is 4.70. The summed E-state index contributed by atoms with van der Waals surface area (Å²) in [6.45, 7) is 0. The molecule has 0 saturated heterocycles. The molecule has 0 aromatic carbocycles. The van der Waals surface area contributed by atoms with Crippen molar-refractivity contribution in [2.75, 3.05) is 7.05 Å². The van der Waals surface area contributed by atoms with Crippen molar-refractivity contribution in [1.29, 1.82) is 0 Å². The number of rotatable bonds is 2. The van der Waals surface area contributed by atoms with Crippen LogP contribution < -0.4 is 10.6 Å². The molecule has 1 aliphatic rings. The van der Waals surface area contributed by atoms with Gasteiger partial charge in [0.1, 0.15) is 0 Å². The fraction of sp³-hybridized carbons (Fsp3) is 0.700. The highest BCUT2D eigenvalue weighted by atomic mass is 16.1. The van der Waals surface area contributed by atoms with E-state index < -0.39 is 0 Å². The van der Waals surface area contributed by atoms with Crippen LogP contribution >= 0.6 is 0 Å². The molecule has 0 heterocycles. The molecule has 3 nitrogen and oxygen atoms in total. The largest absolute Gasteiger partial charge is 0.343 e. The van der Waals surface area contributed by atoms with Gasteiger partial charge in [-0.1, -0.05) is 0 Å². The van der Waals surface area contributed by atoms with Gasteiger partial charge < -0.3 is 10.6 Å². The monoisotopic (exact) mass is 180 g/mol. The van der Waals surface area contributed by atoms with Crippen LogP contribution in [0.1, 0.15) is 25.7 Å². The zero-order valence-corrected chi connectivity index (χ0v) is 7.97. The van der Waals surface area contributed by atoms with Crippen molar-refractivity contribution >= 4 is 5.91 Å². The molecule has 0 aromatic rings. The topological polar surface area (TPSA) is 41.1 Å². The van der Waals surface area contributed by atoms with Gasteiger partial charge in [0, 0.05) is 12.1 Å². The van der Waals surface area contributed by atoms with Crippen molar-refractivity contribution < 1.29 is 4.79 Å². The minimum Gasteiger partial charge on any atom is -0.343 e. The van der Waals surface area contributed by atoms with Gasteiger partial charge in [0.15, 0.2) is 0 Å². The summed E-state index contributed by atoms with van der Waals surface area (Å²) >= 11 is 0. The van der Waals surface area contributed by atoms with E-state index >= 15 is 0 Å². The lowest BCUT2D eigenvalue weighted by Gasteiger charge is -2.28. The van der Waals surface area contributed by atoms with Crippen LogP contribution in [0.2, 0.25) is 0 Å². The minimum absolute atomic E-state index is 0.284. The van der Waals surface area contributed by atoms with Gasteiger partial charge in [0.05, 0.1) is 0 Å². The van der Waals surface area contributed by atoms with Crippen LogP contribution in [-0.2, 0) is 4.79 Å². The summed E-state index contributed by atoms with van der Waals surface area (Å²) in [7, 11) is 1.98. The molecule has 0 atom stereocenters. The first kappa shape index (κ1) is 10.1. The lowest BCUT2D eigenvalue weighted by molar-refractivity contribution is -0.116. The van der Waals surface area contributed by atoms with Gasteiger partial charge in [-0.15, -0.1) is 6.42 Å². The van der Waals surface area contributed by atoms with E-state index in [9.17, 15) is 4.79 Å². The Kier molecular flexibility index (Phi) is 3.78. The summed E-state index contributed by atoms with van der Waals surface area (Å²) in [4.78, 5) is 10.9. The van der Waals surface area contributed by atoms with E-state index in [1.165, 1.54) is 0 Å². The van der Waals surface area contributed by atoms with Crippen LogP contribution in [0.25, 0.3) is 0 Å². The Balaban J connectivity index is 2.26. The Morgan fingerprint density at radius 3 is 2.31 bits per heavy atom. The Morgan fingerprint density at radius 2 is 1.85 bits per heavy atom. The molecular weight excluding hydrogens is 164 g/mol. The number of amides is 1. The quantitative estimate of drug-likeness (QED) is 0.599. The maximum absolute atomic E-state index is 10.9. The summed E-state index contributed by atoms with van der Waals surface area (Å²) < 4.78 is 0. The average molecular weight is 180 g/mol. The van der Waals surface area contributed by atoms with E-state index in [2.05, 4.69) is 16.6 Å². The van der Waals surface area contributed by atoms with E-state index in [1.807, 2.05) is 7.05 Å². The molecule has 0 unspecified atom stereocenters. The fourth-order valence-corrected chi connectivity index (χ4v) is 1.75. The number of nitrogens with one attached hydrogen (secondary N) is 2. The van der Waals surface area contributed by atoms with Crippen molar-refractivity contribution in [1.82, 2.24) is 10.6 Å². The van der Waals surface area contributed by atoms with E-state index in [4.69, 9.17) is 6.42 Å². The van der Waals surface area contributed by atoms with Gasteiger partial charge in [-0.3, -0.25) is 4.79 Å². The van der Waals surface area contributed by atoms with Crippen molar-refractivity contribution in [2.24, 2.45) is 0 Å². The third-order valence-corrected chi connectivity index (χ3v) is 2.60. The van der Waals surface area contributed by atoms with Crippen LogP contribution in [0.3, 0.4) is 0 Å². The van der Waals surface area contributed by atoms with Crippen molar-refractivity contribution in [2.45, 2.75) is 37.8 Å². The van der Waals surface area contributed by atoms with E-state index in [1.54, 1.807) is 0 Å². The molecule has 1 amide bonds. The van der Waals surface area contributed by atoms with Crippen LogP contribution in [-0.4, -0.2) is 25.0 Å². The molecule has 0 spiro atoms. The maximum Gasteiger partial charge on any atom is 0.295 e. The van der Waals surface area contributed by atoms with Crippen LogP contribution in [0.15, 0.2) is 0 Å².